The van der Waals surface area contributed by atoms with Gasteiger partial charge in [0.25, 0.3) is 5.56 Å². The highest BCUT2D eigenvalue weighted by molar-refractivity contribution is 6.31. The number of hydrogen-bond acceptors (Lipinski definition) is 4. The van der Waals surface area contributed by atoms with Crippen molar-refractivity contribution in [3.63, 3.8) is 0 Å². The molecule has 37 heavy (non-hydrogen) atoms. The molecule has 7 nitrogen and oxygen atoms in total. The summed E-state index contributed by atoms with van der Waals surface area (Å²) in [7, 11) is 1.61. The number of nitrogens with zero attached hydrogens (tertiary/aromatic N) is 4. The van der Waals surface area contributed by atoms with E-state index in [1.165, 1.54) is 14.7 Å². The van der Waals surface area contributed by atoms with E-state index in [0.717, 1.165) is 11.1 Å². The lowest BCUT2D eigenvalue weighted by atomic mass is 10.1. The first-order valence-electron chi connectivity index (χ1n) is 11.8. The molecule has 0 saturated carbocycles. The molecule has 0 aliphatic carbocycles. The Kier molecular flexibility index (Phi) is 6.91. The molecule has 0 fully saturated rings. The van der Waals surface area contributed by atoms with Gasteiger partial charge in [-0.3, -0.25) is 18.5 Å². The van der Waals surface area contributed by atoms with E-state index >= 15 is 0 Å². The number of rotatable bonds is 7. The molecule has 0 atom stereocenters. The zero-order valence-electron chi connectivity index (χ0n) is 20.4. The summed E-state index contributed by atoms with van der Waals surface area (Å²) < 4.78 is 4.38. The second kappa shape index (κ2) is 10.3. The van der Waals surface area contributed by atoms with Gasteiger partial charge < -0.3 is 5.32 Å². The molecular formula is C28H25Cl2N5O2. The van der Waals surface area contributed by atoms with Gasteiger partial charge >= 0.3 is 5.69 Å². The van der Waals surface area contributed by atoms with Crippen molar-refractivity contribution in [3.8, 4) is 0 Å². The monoisotopic (exact) mass is 533 g/mol. The Bertz CT molecular complexity index is 1720. The molecule has 0 unspecified atom stereocenters. The first-order valence-corrected chi connectivity index (χ1v) is 12.6. The van der Waals surface area contributed by atoms with E-state index in [9.17, 15) is 9.59 Å². The minimum Gasteiger partial charge on any atom is -0.351 e. The van der Waals surface area contributed by atoms with Gasteiger partial charge in [0.15, 0.2) is 11.2 Å². The number of aryl methyl sites for hydroxylation is 2. The normalized spacial score (nSPS) is 11.2. The molecule has 5 rings (SSSR count). The summed E-state index contributed by atoms with van der Waals surface area (Å²) in [6.07, 6.45) is 0. The number of anilines is 1. The second-order valence-electron chi connectivity index (χ2n) is 8.95. The summed E-state index contributed by atoms with van der Waals surface area (Å²) in [5.41, 5.74) is 3.43. The summed E-state index contributed by atoms with van der Waals surface area (Å²) in [5, 5.41) is 4.42. The zero-order chi connectivity index (χ0) is 26.1. The number of aromatic nitrogens is 4. The number of nitrogens with one attached hydrogen (secondary N) is 1. The molecule has 0 amide bonds. The van der Waals surface area contributed by atoms with Crippen molar-refractivity contribution in [2.75, 3.05) is 5.32 Å². The lowest BCUT2D eigenvalue weighted by Crippen LogP contribution is -2.40. The van der Waals surface area contributed by atoms with Crippen LogP contribution in [-0.4, -0.2) is 18.7 Å². The average Bonchev–Trinajstić information content (AvgIpc) is 3.25. The average molecular weight is 534 g/mol. The lowest BCUT2D eigenvalue weighted by Gasteiger charge is -2.13. The first kappa shape index (κ1) is 24.9. The van der Waals surface area contributed by atoms with Crippen LogP contribution < -0.4 is 16.6 Å². The third-order valence-electron chi connectivity index (χ3n) is 6.38. The van der Waals surface area contributed by atoms with E-state index in [1.54, 1.807) is 35.9 Å². The Morgan fingerprint density at radius 2 is 1.38 bits per heavy atom. The fraction of sp³-hybridized carbons (Fsp3) is 0.179. The van der Waals surface area contributed by atoms with E-state index in [4.69, 9.17) is 28.2 Å². The van der Waals surface area contributed by atoms with Crippen LogP contribution in [-0.2, 0) is 26.7 Å². The Labute approximate surface area is 223 Å². The van der Waals surface area contributed by atoms with Gasteiger partial charge in [-0.15, -0.1) is 0 Å². The van der Waals surface area contributed by atoms with Gasteiger partial charge in [0.1, 0.15) is 0 Å². The lowest BCUT2D eigenvalue weighted by molar-refractivity contribution is 0.653. The van der Waals surface area contributed by atoms with Gasteiger partial charge in [-0.25, -0.2) is 4.79 Å². The zero-order valence-corrected chi connectivity index (χ0v) is 21.9. The molecule has 0 saturated heterocycles. The van der Waals surface area contributed by atoms with Crippen molar-refractivity contribution in [1.82, 2.24) is 18.7 Å². The van der Waals surface area contributed by atoms with Crippen molar-refractivity contribution >= 4 is 40.3 Å². The van der Waals surface area contributed by atoms with Gasteiger partial charge in [-0.1, -0.05) is 89.4 Å². The summed E-state index contributed by atoms with van der Waals surface area (Å²) in [6.45, 7) is 2.87. The van der Waals surface area contributed by atoms with Gasteiger partial charge in [0.2, 0.25) is 5.95 Å². The fourth-order valence-electron chi connectivity index (χ4n) is 4.28. The fourth-order valence-corrected chi connectivity index (χ4v) is 4.67. The standard InChI is InChI=1S/C28H25Cl2N5O2/c1-18-11-13-19(14-12-18)15-31-27-32-25-24(34(27)16-20-7-3-5-9-22(20)29)26(36)35(28(37)33(25)2)17-21-8-4-6-10-23(21)30/h3-14H,15-17H2,1-2H3,(H,31,32). The molecule has 0 aliphatic heterocycles. The van der Waals surface area contributed by atoms with Crippen LogP contribution in [0.15, 0.2) is 82.4 Å². The first-order chi connectivity index (χ1) is 17.8. The smallest absolute Gasteiger partial charge is 0.332 e. The Hall–Kier alpha value is -3.81. The van der Waals surface area contributed by atoms with Crippen LogP contribution >= 0.6 is 23.2 Å². The van der Waals surface area contributed by atoms with Crippen LogP contribution in [0.2, 0.25) is 10.0 Å². The maximum Gasteiger partial charge on any atom is 0.332 e. The summed E-state index contributed by atoms with van der Waals surface area (Å²) in [5.74, 6) is 0.470. The Morgan fingerprint density at radius 1 is 0.811 bits per heavy atom. The third-order valence-corrected chi connectivity index (χ3v) is 7.11. The molecule has 0 aliphatic rings. The van der Waals surface area contributed by atoms with E-state index < -0.39 is 11.2 Å². The van der Waals surface area contributed by atoms with Gasteiger partial charge in [-0.05, 0) is 35.7 Å². The molecule has 1 N–H and O–H groups in total. The molecule has 5 aromatic rings. The molecule has 0 radical (unpaired) electrons. The maximum absolute atomic E-state index is 13.8. The van der Waals surface area contributed by atoms with E-state index in [2.05, 4.69) is 5.32 Å². The Morgan fingerprint density at radius 3 is 1.97 bits per heavy atom. The summed E-state index contributed by atoms with van der Waals surface area (Å²) in [6, 6.07) is 22.8. The van der Waals surface area contributed by atoms with E-state index in [-0.39, 0.29) is 6.54 Å². The minimum absolute atomic E-state index is 0.0462. The van der Waals surface area contributed by atoms with Crippen molar-refractivity contribution in [2.45, 2.75) is 26.6 Å². The molecule has 0 spiro atoms. The number of benzene rings is 3. The van der Waals surface area contributed by atoms with Gasteiger partial charge in [0, 0.05) is 23.6 Å². The van der Waals surface area contributed by atoms with Crippen molar-refractivity contribution < 1.29 is 0 Å². The second-order valence-corrected chi connectivity index (χ2v) is 9.76. The molecular weight excluding hydrogens is 509 g/mol. The highest BCUT2D eigenvalue weighted by Gasteiger charge is 2.21. The topological polar surface area (TPSA) is 73.8 Å². The van der Waals surface area contributed by atoms with Crippen LogP contribution in [0, 0.1) is 6.92 Å². The highest BCUT2D eigenvalue weighted by Crippen LogP contribution is 2.23. The predicted octanol–water partition coefficient (Wildman–Crippen LogP) is 5.22. The largest absolute Gasteiger partial charge is 0.351 e. The highest BCUT2D eigenvalue weighted by atomic mass is 35.5. The molecule has 2 heterocycles. The number of halogens is 2. The molecule has 2 aromatic heterocycles. The predicted molar refractivity (Wildman–Crippen MR) is 149 cm³/mol. The van der Waals surface area contributed by atoms with Crippen LogP contribution in [0.25, 0.3) is 11.2 Å². The van der Waals surface area contributed by atoms with E-state index in [1.807, 2.05) is 55.5 Å². The minimum atomic E-state index is -0.468. The molecule has 3 aromatic carbocycles. The van der Waals surface area contributed by atoms with Crippen molar-refractivity contribution in [1.29, 1.82) is 0 Å². The number of imidazole rings is 1. The number of hydrogen-bond donors (Lipinski definition) is 1. The SMILES string of the molecule is Cc1ccc(CNc2nc3c(c(=O)n(Cc4ccccc4Cl)c(=O)n3C)n2Cc2ccccc2Cl)cc1. The van der Waals surface area contributed by atoms with Crippen molar-refractivity contribution in [3.05, 3.63) is 126 Å². The molecule has 188 valence electrons. The van der Waals surface area contributed by atoms with Crippen LogP contribution in [0.1, 0.15) is 22.3 Å². The number of fused-ring (bicyclic) bond motifs is 1. The Balaban J connectivity index is 1.66. The summed E-state index contributed by atoms with van der Waals surface area (Å²) >= 11 is 12.8. The van der Waals surface area contributed by atoms with Gasteiger partial charge in [-0.2, -0.15) is 4.98 Å². The molecule has 0 bridgehead atoms. The third kappa shape index (κ3) is 4.92. The van der Waals surface area contributed by atoms with Crippen LogP contribution in [0.5, 0.6) is 0 Å². The molecule has 9 heteroatoms. The van der Waals surface area contributed by atoms with Crippen LogP contribution in [0.4, 0.5) is 5.95 Å². The maximum atomic E-state index is 13.8. The quantitative estimate of drug-likeness (QED) is 0.311. The van der Waals surface area contributed by atoms with Crippen molar-refractivity contribution in [2.24, 2.45) is 7.05 Å². The summed E-state index contributed by atoms with van der Waals surface area (Å²) in [4.78, 5) is 31.8. The van der Waals surface area contributed by atoms with Crippen LogP contribution in [0.3, 0.4) is 0 Å². The van der Waals surface area contributed by atoms with Gasteiger partial charge in [0.05, 0.1) is 13.1 Å². The van der Waals surface area contributed by atoms with E-state index in [0.29, 0.717) is 45.8 Å².